The number of hydrogen-bond acceptors (Lipinski definition) is 3. The van der Waals surface area contributed by atoms with E-state index in [2.05, 4.69) is 31.4 Å². The molecule has 3 aromatic rings. The van der Waals surface area contributed by atoms with Crippen LogP contribution in [0.1, 0.15) is 55.2 Å². The number of benzene rings is 2. The average Bonchev–Trinajstić information content (AvgIpc) is 3.15. The fraction of sp³-hybridized carbons (Fsp3) is 0.320. The summed E-state index contributed by atoms with van der Waals surface area (Å²) in [7, 11) is 0. The number of carbonyl (C=O) groups excluding carboxylic acids is 2. The first-order chi connectivity index (χ1) is 14.8. The molecular formula is C25H30N4O2. The van der Waals surface area contributed by atoms with Gasteiger partial charge in [0.15, 0.2) is 0 Å². The van der Waals surface area contributed by atoms with Crippen molar-refractivity contribution < 1.29 is 9.59 Å². The maximum Gasteiger partial charge on any atom is 0.251 e. The van der Waals surface area contributed by atoms with Gasteiger partial charge in [-0.3, -0.25) is 9.59 Å². The van der Waals surface area contributed by atoms with Crippen molar-refractivity contribution in [2.75, 3.05) is 11.9 Å². The van der Waals surface area contributed by atoms with Gasteiger partial charge in [0.25, 0.3) is 5.91 Å². The highest BCUT2D eigenvalue weighted by Gasteiger charge is 2.21. The highest BCUT2D eigenvalue weighted by atomic mass is 16.2. The van der Waals surface area contributed by atoms with Crippen LogP contribution in [0.4, 0.5) is 5.82 Å². The second kappa shape index (κ2) is 10.1. The smallest absolute Gasteiger partial charge is 0.251 e. The Morgan fingerprint density at radius 2 is 1.61 bits per heavy atom. The van der Waals surface area contributed by atoms with Crippen LogP contribution in [0.25, 0.3) is 0 Å². The molecule has 6 heteroatoms. The molecule has 1 heterocycles. The van der Waals surface area contributed by atoms with E-state index in [0.717, 1.165) is 11.3 Å². The van der Waals surface area contributed by atoms with Crippen LogP contribution in [0.3, 0.4) is 0 Å². The number of anilines is 1. The Morgan fingerprint density at radius 3 is 2.26 bits per heavy atom. The van der Waals surface area contributed by atoms with E-state index in [0.29, 0.717) is 37.3 Å². The number of amides is 2. The molecule has 0 unspecified atom stereocenters. The quantitative estimate of drug-likeness (QED) is 0.533. The standard InChI is InChI=1S/C25H30N4O2/c1-25(2,3)21-17-22(29(28-21)18-19-11-6-4-7-12-19)27-23(30)15-10-16-26-24(31)20-13-8-5-9-14-20/h4-9,11-14,17H,10,15-16,18H2,1-3H3,(H,26,31)(H,27,30). The molecule has 2 aromatic carbocycles. The molecule has 0 atom stereocenters. The Labute approximate surface area is 183 Å². The van der Waals surface area contributed by atoms with Crippen molar-refractivity contribution in [1.29, 1.82) is 0 Å². The number of aromatic nitrogens is 2. The van der Waals surface area contributed by atoms with Crippen molar-refractivity contribution in [3.8, 4) is 0 Å². The summed E-state index contributed by atoms with van der Waals surface area (Å²) < 4.78 is 1.84. The fourth-order valence-electron chi connectivity index (χ4n) is 3.11. The van der Waals surface area contributed by atoms with Crippen molar-refractivity contribution in [2.45, 2.75) is 45.6 Å². The Balaban J connectivity index is 1.57. The first-order valence-electron chi connectivity index (χ1n) is 10.6. The van der Waals surface area contributed by atoms with Gasteiger partial charge in [0.05, 0.1) is 12.2 Å². The third-order valence-corrected chi connectivity index (χ3v) is 4.89. The number of hydrogen-bond donors (Lipinski definition) is 2. The molecule has 0 aliphatic heterocycles. The summed E-state index contributed by atoms with van der Waals surface area (Å²) >= 11 is 0. The minimum Gasteiger partial charge on any atom is -0.352 e. The van der Waals surface area contributed by atoms with Crippen molar-refractivity contribution in [3.05, 3.63) is 83.6 Å². The van der Waals surface area contributed by atoms with Gasteiger partial charge in [0.2, 0.25) is 5.91 Å². The highest BCUT2D eigenvalue weighted by Crippen LogP contribution is 2.24. The highest BCUT2D eigenvalue weighted by molar-refractivity contribution is 5.94. The monoisotopic (exact) mass is 418 g/mol. The Morgan fingerprint density at radius 1 is 0.968 bits per heavy atom. The van der Waals surface area contributed by atoms with E-state index in [4.69, 9.17) is 5.10 Å². The lowest BCUT2D eigenvalue weighted by atomic mass is 9.92. The van der Waals surface area contributed by atoms with Crippen LogP contribution in [0.5, 0.6) is 0 Å². The van der Waals surface area contributed by atoms with Crippen molar-refractivity contribution in [1.82, 2.24) is 15.1 Å². The zero-order valence-electron chi connectivity index (χ0n) is 18.4. The molecule has 0 spiro atoms. The molecule has 3 rings (SSSR count). The Hall–Kier alpha value is -3.41. The molecule has 0 radical (unpaired) electrons. The lowest BCUT2D eigenvalue weighted by Gasteiger charge is -2.14. The number of nitrogens with zero attached hydrogens (tertiary/aromatic N) is 2. The average molecular weight is 419 g/mol. The molecule has 162 valence electrons. The lowest BCUT2D eigenvalue weighted by Crippen LogP contribution is -2.25. The van der Waals surface area contributed by atoms with Crippen LogP contribution < -0.4 is 10.6 Å². The molecule has 0 saturated carbocycles. The summed E-state index contributed by atoms with van der Waals surface area (Å²) in [5.41, 5.74) is 2.54. The SMILES string of the molecule is CC(C)(C)c1cc(NC(=O)CCCNC(=O)c2ccccc2)n(Cc2ccccc2)n1. The molecule has 31 heavy (non-hydrogen) atoms. The van der Waals surface area contributed by atoms with Crippen LogP contribution in [0, 0.1) is 0 Å². The maximum absolute atomic E-state index is 12.5. The predicted molar refractivity (Wildman–Crippen MR) is 123 cm³/mol. The van der Waals surface area contributed by atoms with E-state index >= 15 is 0 Å². The van der Waals surface area contributed by atoms with Gasteiger partial charge in [-0.2, -0.15) is 5.10 Å². The molecular weight excluding hydrogens is 388 g/mol. The van der Waals surface area contributed by atoms with Gasteiger partial charge >= 0.3 is 0 Å². The second-order valence-corrected chi connectivity index (χ2v) is 8.58. The van der Waals surface area contributed by atoms with Gasteiger partial charge < -0.3 is 10.6 Å². The predicted octanol–water partition coefficient (Wildman–Crippen LogP) is 4.38. The third kappa shape index (κ3) is 6.54. The molecule has 0 aliphatic rings. The van der Waals surface area contributed by atoms with Gasteiger partial charge in [0.1, 0.15) is 5.82 Å². The van der Waals surface area contributed by atoms with Crippen molar-refractivity contribution in [3.63, 3.8) is 0 Å². The number of rotatable bonds is 8. The first-order valence-corrected chi connectivity index (χ1v) is 10.6. The van der Waals surface area contributed by atoms with E-state index in [1.54, 1.807) is 12.1 Å². The van der Waals surface area contributed by atoms with Gasteiger partial charge in [0, 0.05) is 30.0 Å². The zero-order chi connectivity index (χ0) is 22.3. The summed E-state index contributed by atoms with van der Waals surface area (Å²) in [6.07, 6.45) is 0.875. The Kier molecular flexibility index (Phi) is 7.23. The van der Waals surface area contributed by atoms with Crippen LogP contribution in [-0.4, -0.2) is 28.1 Å². The molecule has 0 bridgehead atoms. The summed E-state index contributed by atoms with van der Waals surface area (Å²) in [5, 5.41) is 10.6. The third-order valence-electron chi connectivity index (χ3n) is 4.89. The first kappa shape index (κ1) is 22.3. The summed E-state index contributed by atoms with van der Waals surface area (Å²) in [6, 6.07) is 21.0. The van der Waals surface area contributed by atoms with Gasteiger partial charge in [-0.15, -0.1) is 0 Å². The number of carbonyl (C=O) groups is 2. The molecule has 0 aliphatic carbocycles. The molecule has 2 N–H and O–H groups in total. The van der Waals surface area contributed by atoms with Gasteiger partial charge in [-0.1, -0.05) is 69.3 Å². The lowest BCUT2D eigenvalue weighted by molar-refractivity contribution is -0.116. The van der Waals surface area contributed by atoms with Gasteiger partial charge in [-0.05, 0) is 24.1 Å². The topological polar surface area (TPSA) is 76.0 Å². The summed E-state index contributed by atoms with van der Waals surface area (Å²) in [6.45, 7) is 7.33. The fourth-order valence-corrected chi connectivity index (χ4v) is 3.11. The van der Waals surface area contributed by atoms with E-state index in [-0.39, 0.29) is 17.2 Å². The summed E-state index contributed by atoms with van der Waals surface area (Å²) in [5.74, 6) is 0.465. The van der Waals surface area contributed by atoms with Gasteiger partial charge in [-0.25, -0.2) is 4.68 Å². The Bertz CT molecular complexity index is 1010. The van der Waals surface area contributed by atoms with Crippen molar-refractivity contribution >= 4 is 17.6 Å². The molecule has 6 nitrogen and oxygen atoms in total. The molecule has 1 aromatic heterocycles. The van der Waals surface area contributed by atoms with Crippen LogP contribution in [0.2, 0.25) is 0 Å². The zero-order valence-corrected chi connectivity index (χ0v) is 18.4. The maximum atomic E-state index is 12.5. The largest absolute Gasteiger partial charge is 0.352 e. The minimum absolute atomic E-state index is 0.0939. The van der Waals surface area contributed by atoms with Crippen LogP contribution >= 0.6 is 0 Å². The number of nitrogens with one attached hydrogen (secondary N) is 2. The van der Waals surface area contributed by atoms with E-state index in [1.807, 2.05) is 59.3 Å². The second-order valence-electron chi connectivity index (χ2n) is 8.58. The van der Waals surface area contributed by atoms with E-state index in [9.17, 15) is 9.59 Å². The van der Waals surface area contributed by atoms with Crippen LogP contribution in [-0.2, 0) is 16.8 Å². The van der Waals surface area contributed by atoms with E-state index < -0.39 is 0 Å². The van der Waals surface area contributed by atoms with Crippen molar-refractivity contribution in [2.24, 2.45) is 0 Å². The normalized spacial score (nSPS) is 11.2. The van der Waals surface area contributed by atoms with Crippen LogP contribution in [0.15, 0.2) is 66.7 Å². The molecule has 2 amide bonds. The molecule has 0 fully saturated rings. The minimum atomic E-state index is -0.128. The summed E-state index contributed by atoms with van der Waals surface area (Å²) in [4.78, 5) is 24.6. The van der Waals surface area contributed by atoms with E-state index in [1.165, 1.54) is 0 Å². The molecule has 0 saturated heterocycles.